The molecule has 5 heteroatoms. The van der Waals surface area contributed by atoms with Crippen LogP contribution in [0.3, 0.4) is 0 Å². The van der Waals surface area contributed by atoms with Crippen LogP contribution >= 0.6 is 0 Å². The van der Waals surface area contributed by atoms with Crippen molar-refractivity contribution in [3.05, 3.63) is 47.5 Å². The average molecular weight is 354 g/mol. The second kappa shape index (κ2) is 7.98. The van der Waals surface area contributed by atoms with Crippen molar-refractivity contribution in [1.29, 1.82) is 0 Å². The van der Waals surface area contributed by atoms with Gasteiger partial charge in [0.2, 0.25) is 5.91 Å². The summed E-state index contributed by atoms with van der Waals surface area (Å²) in [6, 6.07) is 9.91. The van der Waals surface area contributed by atoms with Crippen molar-refractivity contribution < 1.29 is 14.7 Å². The van der Waals surface area contributed by atoms with Crippen LogP contribution in [0.5, 0.6) is 0 Å². The molecule has 1 aliphatic rings. The van der Waals surface area contributed by atoms with Gasteiger partial charge in [-0.05, 0) is 29.2 Å². The molecule has 0 heterocycles. The van der Waals surface area contributed by atoms with Crippen LogP contribution < -0.4 is 11.5 Å². The Morgan fingerprint density at radius 2 is 1.77 bits per heavy atom. The third-order valence-corrected chi connectivity index (χ3v) is 5.45. The molecule has 138 valence electrons. The number of primary amides is 1. The first-order valence-corrected chi connectivity index (χ1v) is 9.28. The maximum atomic E-state index is 12.9. The summed E-state index contributed by atoms with van der Waals surface area (Å²) >= 11 is 0. The third kappa shape index (κ3) is 3.79. The third-order valence-electron chi connectivity index (χ3n) is 5.45. The van der Waals surface area contributed by atoms with E-state index in [0.29, 0.717) is 17.7 Å². The average Bonchev–Trinajstić information content (AvgIpc) is 2.66. The molecule has 5 N–H and O–H groups in total. The Balaban J connectivity index is 1.86. The van der Waals surface area contributed by atoms with Gasteiger partial charge in [-0.1, -0.05) is 62.4 Å². The highest BCUT2D eigenvalue weighted by molar-refractivity contribution is 6.16. The number of carbonyl (C=O) groups excluding carboxylic acids is 2. The molecule has 1 saturated carbocycles. The first-order valence-electron chi connectivity index (χ1n) is 9.28. The fourth-order valence-corrected chi connectivity index (χ4v) is 4.03. The van der Waals surface area contributed by atoms with E-state index in [1.54, 1.807) is 24.3 Å². The SMILES string of the molecule is NC(=O)c1c(C(=O)[C@@H](O)[C@H](N)CC2CCCCC2)ccc2ccccc12. The molecule has 26 heavy (non-hydrogen) atoms. The van der Waals surface area contributed by atoms with Gasteiger partial charge in [-0.3, -0.25) is 9.59 Å². The number of hydrogen-bond donors (Lipinski definition) is 3. The number of rotatable bonds is 6. The highest BCUT2D eigenvalue weighted by atomic mass is 16.3. The number of amides is 1. The lowest BCUT2D eigenvalue weighted by Gasteiger charge is -2.26. The number of Topliss-reactive ketones (excluding diaryl/α,β-unsaturated/α-hetero) is 1. The molecule has 0 aliphatic heterocycles. The Labute approximate surface area is 153 Å². The Morgan fingerprint density at radius 3 is 2.46 bits per heavy atom. The number of aliphatic hydroxyl groups is 1. The van der Waals surface area contributed by atoms with Crippen molar-refractivity contribution in [3.63, 3.8) is 0 Å². The summed E-state index contributed by atoms with van der Waals surface area (Å²) in [6.07, 6.45) is 5.07. The molecule has 2 aromatic carbocycles. The van der Waals surface area contributed by atoms with Gasteiger partial charge in [-0.25, -0.2) is 0 Å². The van der Waals surface area contributed by atoms with Gasteiger partial charge in [0, 0.05) is 11.6 Å². The van der Waals surface area contributed by atoms with Crippen molar-refractivity contribution in [3.8, 4) is 0 Å². The van der Waals surface area contributed by atoms with E-state index in [1.165, 1.54) is 19.3 Å². The van der Waals surface area contributed by atoms with Gasteiger partial charge in [0.15, 0.2) is 5.78 Å². The zero-order chi connectivity index (χ0) is 18.7. The normalized spacial score (nSPS) is 17.8. The van der Waals surface area contributed by atoms with Crippen LogP contribution in [-0.2, 0) is 0 Å². The summed E-state index contributed by atoms with van der Waals surface area (Å²) in [5, 5.41) is 12.0. The van der Waals surface area contributed by atoms with E-state index in [2.05, 4.69) is 0 Å². The van der Waals surface area contributed by atoms with Gasteiger partial charge < -0.3 is 16.6 Å². The van der Waals surface area contributed by atoms with E-state index < -0.39 is 23.8 Å². The number of ketones is 1. The minimum absolute atomic E-state index is 0.141. The molecule has 2 atom stereocenters. The van der Waals surface area contributed by atoms with E-state index in [4.69, 9.17) is 11.5 Å². The van der Waals surface area contributed by atoms with Crippen LogP contribution in [0.4, 0.5) is 0 Å². The maximum Gasteiger partial charge on any atom is 0.250 e. The predicted molar refractivity (Wildman–Crippen MR) is 102 cm³/mol. The second-order valence-corrected chi connectivity index (χ2v) is 7.29. The number of aliphatic hydroxyl groups excluding tert-OH is 1. The molecular formula is C21H26N2O3. The predicted octanol–water partition coefficient (Wildman–Crippen LogP) is 2.78. The van der Waals surface area contributed by atoms with Crippen LogP contribution in [-0.4, -0.2) is 28.9 Å². The Kier molecular flexibility index (Phi) is 5.69. The van der Waals surface area contributed by atoms with E-state index in [-0.39, 0.29) is 11.1 Å². The fraction of sp³-hybridized carbons (Fsp3) is 0.429. The zero-order valence-corrected chi connectivity index (χ0v) is 14.9. The lowest BCUT2D eigenvalue weighted by molar-refractivity contribution is 0.0661. The molecule has 5 nitrogen and oxygen atoms in total. The topological polar surface area (TPSA) is 106 Å². The lowest BCUT2D eigenvalue weighted by atomic mass is 9.82. The van der Waals surface area contributed by atoms with Crippen LogP contribution in [0.1, 0.15) is 59.2 Å². The molecule has 1 amide bonds. The molecule has 0 aromatic heterocycles. The van der Waals surface area contributed by atoms with Crippen LogP contribution in [0, 0.1) is 5.92 Å². The molecule has 0 radical (unpaired) electrons. The Morgan fingerprint density at radius 1 is 1.08 bits per heavy atom. The number of carbonyl (C=O) groups is 2. The largest absolute Gasteiger partial charge is 0.383 e. The first kappa shape index (κ1) is 18.5. The standard InChI is InChI=1S/C21H26N2O3/c22-17(12-13-6-2-1-3-7-13)20(25)19(24)16-11-10-14-8-4-5-9-15(14)18(16)21(23)26/h4-5,8-11,13,17,20,25H,1-3,6-7,12,22H2,(H2,23,26)/t17-,20+/m1/s1. The van der Waals surface area contributed by atoms with Crippen molar-refractivity contribution in [2.24, 2.45) is 17.4 Å². The van der Waals surface area contributed by atoms with E-state index >= 15 is 0 Å². The molecule has 2 aromatic rings. The molecule has 0 saturated heterocycles. The Hall–Kier alpha value is -2.24. The smallest absolute Gasteiger partial charge is 0.250 e. The van der Waals surface area contributed by atoms with Gasteiger partial charge in [0.05, 0.1) is 5.56 Å². The van der Waals surface area contributed by atoms with Crippen molar-refractivity contribution in [2.45, 2.75) is 50.7 Å². The van der Waals surface area contributed by atoms with Gasteiger partial charge in [-0.15, -0.1) is 0 Å². The quantitative estimate of drug-likeness (QED) is 0.693. The van der Waals surface area contributed by atoms with Crippen molar-refractivity contribution in [2.75, 3.05) is 0 Å². The number of hydrogen-bond acceptors (Lipinski definition) is 4. The summed E-state index contributed by atoms with van der Waals surface area (Å²) in [4.78, 5) is 24.9. The van der Waals surface area contributed by atoms with E-state index in [0.717, 1.165) is 18.2 Å². The van der Waals surface area contributed by atoms with Crippen LogP contribution in [0.25, 0.3) is 10.8 Å². The molecule has 0 bridgehead atoms. The summed E-state index contributed by atoms with van der Waals surface area (Å²) in [7, 11) is 0. The van der Waals surface area contributed by atoms with E-state index in [1.807, 2.05) is 12.1 Å². The van der Waals surface area contributed by atoms with Gasteiger partial charge in [0.1, 0.15) is 6.10 Å². The maximum absolute atomic E-state index is 12.9. The molecule has 1 fully saturated rings. The van der Waals surface area contributed by atoms with Gasteiger partial charge in [0.25, 0.3) is 0 Å². The minimum atomic E-state index is -1.34. The Bertz CT molecular complexity index is 812. The summed E-state index contributed by atoms with van der Waals surface area (Å²) in [5.74, 6) is -0.764. The highest BCUT2D eigenvalue weighted by Gasteiger charge is 2.30. The summed E-state index contributed by atoms with van der Waals surface area (Å²) < 4.78 is 0. The van der Waals surface area contributed by atoms with Crippen molar-refractivity contribution >= 4 is 22.5 Å². The van der Waals surface area contributed by atoms with Crippen LogP contribution in [0.2, 0.25) is 0 Å². The minimum Gasteiger partial charge on any atom is -0.383 e. The molecule has 0 unspecified atom stereocenters. The van der Waals surface area contributed by atoms with Gasteiger partial charge >= 0.3 is 0 Å². The first-order chi connectivity index (χ1) is 12.5. The molecule has 0 spiro atoms. The molecular weight excluding hydrogens is 328 g/mol. The fourth-order valence-electron chi connectivity index (χ4n) is 4.03. The summed E-state index contributed by atoms with van der Waals surface area (Å²) in [5.41, 5.74) is 12.0. The monoisotopic (exact) mass is 354 g/mol. The number of benzene rings is 2. The van der Waals surface area contributed by atoms with Crippen molar-refractivity contribution in [1.82, 2.24) is 0 Å². The number of fused-ring (bicyclic) bond motifs is 1. The van der Waals surface area contributed by atoms with E-state index in [9.17, 15) is 14.7 Å². The second-order valence-electron chi connectivity index (χ2n) is 7.29. The van der Waals surface area contributed by atoms with Crippen LogP contribution in [0.15, 0.2) is 36.4 Å². The molecule has 3 rings (SSSR count). The molecule has 1 aliphatic carbocycles. The zero-order valence-electron chi connectivity index (χ0n) is 14.9. The highest BCUT2D eigenvalue weighted by Crippen LogP contribution is 2.29. The lowest BCUT2D eigenvalue weighted by Crippen LogP contribution is -2.42. The van der Waals surface area contributed by atoms with Gasteiger partial charge in [-0.2, -0.15) is 0 Å². The number of nitrogens with two attached hydrogens (primary N) is 2. The summed E-state index contributed by atoms with van der Waals surface area (Å²) in [6.45, 7) is 0.